The van der Waals surface area contributed by atoms with Crippen LogP contribution in [0.25, 0.3) is 11.0 Å². The molecule has 1 atom stereocenters. The molecule has 0 amide bonds. The molecule has 96 valence electrons. The summed E-state index contributed by atoms with van der Waals surface area (Å²) in [4.78, 5) is 17.3. The standard InChI is InChI=1S/C14H19N3O/c1-10-3-4-12-13(7-10)17(14(18)15-12)9-11-5-6-16(2)8-11/h3-4,7,11H,5-6,8-9H2,1-2H3,(H,15,18). The summed E-state index contributed by atoms with van der Waals surface area (Å²) in [6.45, 7) is 5.11. The zero-order valence-electron chi connectivity index (χ0n) is 10.9. The number of aromatic amines is 1. The first-order chi connectivity index (χ1) is 8.63. The molecule has 1 fully saturated rings. The molecule has 0 saturated carbocycles. The van der Waals surface area contributed by atoms with E-state index in [4.69, 9.17) is 0 Å². The maximum absolute atomic E-state index is 12.0. The van der Waals surface area contributed by atoms with Crippen LogP contribution in [0.1, 0.15) is 12.0 Å². The van der Waals surface area contributed by atoms with Crippen LogP contribution in [-0.4, -0.2) is 34.6 Å². The van der Waals surface area contributed by atoms with Crippen molar-refractivity contribution in [3.8, 4) is 0 Å². The molecule has 0 spiro atoms. The Morgan fingerprint density at radius 3 is 3.00 bits per heavy atom. The van der Waals surface area contributed by atoms with Gasteiger partial charge in [0.05, 0.1) is 11.0 Å². The van der Waals surface area contributed by atoms with E-state index in [1.54, 1.807) is 0 Å². The lowest BCUT2D eigenvalue weighted by Gasteiger charge is -2.11. The molecule has 1 aromatic heterocycles. The highest BCUT2D eigenvalue weighted by atomic mass is 16.1. The first kappa shape index (κ1) is 11.5. The van der Waals surface area contributed by atoms with Gasteiger partial charge >= 0.3 is 5.69 Å². The Bertz CT molecular complexity index is 625. The van der Waals surface area contributed by atoms with Crippen LogP contribution >= 0.6 is 0 Å². The Balaban J connectivity index is 1.98. The summed E-state index contributed by atoms with van der Waals surface area (Å²) >= 11 is 0. The van der Waals surface area contributed by atoms with E-state index in [9.17, 15) is 4.79 Å². The smallest absolute Gasteiger partial charge is 0.306 e. The van der Waals surface area contributed by atoms with Crippen LogP contribution in [0, 0.1) is 12.8 Å². The Kier molecular flexibility index (Phi) is 2.74. The van der Waals surface area contributed by atoms with Crippen LogP contribution in [0.5, 0.6) is 0 Å². The molecule has 1 aromatic carbocycles. The molecule has 1 saturated heterocycles. The van der Waals surface area contributed by atoms with E-state index in [0.29, 0.717) is 5.92 Å². The minimum atomic E-state index is 0.0187. The van der Waals surface area contributed by atoms with E-state index in [0.717, 1.165) is 30.7 Å². The fraction of sp³-hybridized carbons (Fsp3) is 0.500. The molecule has 2 aromatic rings. The average molecular weight is 245 g/mol. The first-order valence-electron chi connectivity index (χ1n) is 6.51. The van der Waals surface area contributed by atoms with E-state index >= 15 is 0 Å². The second-order valence-corrected chi connectivity index (χ2v) is 5.48. The van der Waals surface area contributed by atoms with Gasteiger partial charge in [-0.2, -0.15) is 0 Å². The number of benzene rings is 1. The summed E-state index contributed by atoms with van der Waals surface area (Å²) in [5.41, 5.74) is 3.19. The molecule has 1 aliphatic heterocycles. The third-order valence-corrected chi connectivity index (χ3v) is 3.86. The number of nitrogens with one attached hydrogen (secondary N) is 1. The summed E-state index contributed by atoms with van der Waals surface area (Å²) in [5, 5.41) is 0. The Labute approximate surface area is 106 Å². The highest BCUT2D eigenvalue weighted by Crippen LogP contribution is 2.19. The molecule has 1 unspecified atom stereocenters. The van der Waals surface area contributed by atoms with Gasteiger partial charge in [-0.3, -0.25) is 4.57 Å². The van der Waals surface area contributed by atoms with Gasteiger partial charge in [0.15, 0.2) is 0 Å². The van der Waals surface area contributed by atoms with Crippen LogP contribution in [-0.2, 0) is 6.54 Å². The van der Waals surface area contributed by atoms with Crippen molar-refractivity contribution in [2.45, 2.75) is 19.9 Å². The van der Waals surface area contributed by atoms with Crippen LogP contribution in [0.15, 0.2) is 23.0 Å². The summed E-state index contributed by atoms with van der Waals surface area (Å²) < 4.78 is 1.90. The average Bonchev–Trinajstić information content (AvgIpc) is 2.86. The summed E-state index contributed by atoms with van der Waals surface area (Å²) in [6, 6.07) is 6.11. The van der Waals surface area contributed by atoms with E-state index in [2.05, 4.69) is 29.9 Å². The predicted molar refractivity (Wildman–Crippen MR) is 72.9 cm³/mol. The van der Waals surface area contributed by atoms with E-state index in [1.807, 2.05) is 16.7 Å². The monoisotopic (exact) mass is 245 g/mol. The first-order valence-corrected chi connectivity index (χ1v) is 6.51. The largest absolute Gasteiger partial charge is 0.326 e. The van der Waals surface area contributed by atoms with Crippen molar-refractivity contribution >= 4 is 11.0 Å². The lowest BCUT2D eigenvalue weighted by Crippen LogP contribution is -2.23. The fourth-order valence-electron chi connectivity index (χ4n) is 2.88. The van der Waals surface area contributed by atoms with Gasteiger partial charge < -0.3 is 9.88 Å². The van der Waals surface area contributed by atoms with Crippen LogP contribution in [0.3, 0.4) is 0 Å². The van der Waals surface area contributed by atoms with Crippen LogP contribution in [0.2, 0.25) is 0 Å². The molecule has 4 heteroatoms. The third kappa shape index (κ3) is 1.97. The number of hydrogen-bond donors (Lipinski definition) is 1. The zero-order chi connectivity index (χ0) is 12.7. The summed E-state index contributed by atoms with van der Waals surface area (Å²) in [5.74, 6) is 0.590. The number of likely N-dealkylation sites (tertiary alicyclic amines) is 1. The normalized spacial score (nSPS) is 20.9. The second kappa shape index (κ2) is 4.28. The van der Waals surface area contributed by atoms with Crippen molar-refractivity contribution in [1.29, 1.82) is 0 Å². The molecule has 4 nitrogen and oxygen atoms in total. The summed E-state index contributed by atoms with van der Waals surface area (Å²) in [6.07, 6.45) is 1.18. The molecule has 0 aliphatic carbocycles. The molecular weight excluding hydrogens is 226 g/mol. The van der Waals surface area contributed by atoms with Gasteiger partial charge in [0.1, 0.15) is 0 Å². The SMILES string of the molecule is Cc1ccc2[nH]c(=O)n(CC3CCN(C)C3)c2c1. The molecule has 1 N–H and O–H groups in total. The Morgan fingerprint density at radius 2 is 2.28 bits per heavy atom. The minimum Gasteiger partial charge on any atom is -0.306 e. The molecule has 0 bridgehead atoms. The maximum atomic E-state index is 12.0. The van der Waals surface area contributed by atoms with Crippen molar-refractivity contribution in [2.24, 2.45) is 5.92 Å². The van der Waals surface area contributed by atoms with Crippen LogP contribution in [0.4, 0.5) is 0 Å². The maximum Gasteiger partial charge on any atom is 0.326 e. The molecular formula is C14H19N3O. The minimum absolute atomic E-state index is 0.0187. The molecule has 3 rings (SSSR count). The second-order valence-electron chi connectivity index (χ2n) is 5.48. The van der Waals surface area contributed by atoms with Crippen molar-refractivity contribution in [3.05, 3.63) is 34.2 Å². The third-order valence-electron chi connectivity index (χ3n) is 3.86. The quantitative estimate of drug-likeness (QED) is 0.873. The Morgan fingerprint density at radius 1 is 1.44 bits per heavy atom. The number of H-pyrrole nitrogens is 1. The molecule has 1 aliphatic rings. The van der Waals surface area contributed by atoms with Gasteiger partial charge in [0.25, 0.3) is 0 Å². The summed E-state index contributed by atoms with van der Waals surface area (Å²) in [7, 11) is 2.14. The highest BCUT2D eigenvalue weighted by Gasteiger charge is 2.21. The fourth-order valence-corrected chi connectivity index (χ4v) is 2.88. The van der Waals surface area contributed by atoms with Crippen molar-refractivity contribution in [1.82, 2.24) is 14.5 Å². The lowest BCUT2D eigenvalue weighted by molar-refractivity contribution is 0.378. The number of aromatic nitrogens is 2. The van der Waals surface area contributed by atoms with E-state index in [1.165, 1.54) is 12.0 Å². The topological polar surface area (TPSA) is 41.0 Å². The van der Waals surface area contributed by atoms with Crippen molar-refractivity contribution < 1.29 is 0 Å². The van der Waals surface area contributed by atoms with Gasteiger partial charge in [-0.05, 0) is 50.6 Å². The molecule has 18 heavy (non-hydrogen) atoms. The van der Waals surface area contributed by atoms with Crippen molar-refractivity contribution in [3.63, 3.8) is 0 Å². The van der Waals surface area contributed by atoms with Crippen LogP contribution < -0.4 is 5.69 Å². The number of rotatable bonds is 2. The number of fused-ring (bicyclic) bond motifs is 1. The highest BCUT2D eigenvalue weighted by molar-refractivity contribution is 5.75. The van der Waals surface area contributed by atoms with Gasteiger partial charge in [-0.1, -0.05) is 6.07 Å². The Hall–Kier alpha value is -1.55. The van der Waals surface area contributed by atoms with E-state index in [-0.39, 0.29) is 5.69 Å². The predicted octanol–water partition coefficient (Wildman–Crippen LogP) is 1.59. The number of imidazole rings is 1. The van der Waals surface area contributed by atoms with E-state index < -0.39 is 0 Å². The van der Waals surface area contributed by atoms with Gasteiger partial charge in [-0.25, -0.2) is 4.79 Å². The van der Waals surface area contributed by atoms with Crippen molar-refractivity contribution in [2.75, 3.05) is 20.1 Å². The lowest BCUT2D eigenvalue weighted by atomic mass is 10.1. The zero-order valence-corrected chi connectivity index (χ0v) is 10.9. The molecule has 0 radical (unpaired) electrons. The van der Waals surface area contributed by atoms with Gasteiger partial charge in [-0.15, -0.1) is 0 Å². The molecule has 2 heterocycles. The van der Waals surface area contributed by atoms with Gasteiger partial charge in [0, 0.05) is 13.1 Å². The number of hydrogen-bond acceptors (Lipinski definition) is 2. The van der Waals surface area contributed by atoms with Gasteiger partial charge in [0.2, 0.25) is 0 Å². The number of aryl methyl sites for hydroxylation is 1. The number of nitrogens with zero attached hydrogens (tertiary/aromatic N) is 2.